The molecule has 0 aromatic heterocycles. The molecule has 0 bridgehead atoms. The quantitative estimate of drug-likeness (QED) is 0.0101. The monoisotopic (exact) mass is 1140 g/mol. The van der Waals surface area contributed by atoms with E-state index in [1.54, 1.807) is 18.2 Å². The van der Waals surface area contributed by atoms with Crippen molar-refractivity contribution in [3.8, 4) is 23.0 Å². The predicted molar refractivity (Wildman–Crippen MR) is 312 cm³/mol. The summed E-state index contributed by atoms with van der Waals surface area (Å²) in [5, 5.41) is 23.0. The van der Waals surface area contributed by atoms with Crippen LogP contribution in [0.15, 0.2) is 78.9 Å². The second-order valence-corrected chi connectivity index (χ2v) is 22.1. The van der Waals surface area contributed by atoms with E-state index in [2.05, 4.69) is 43.5 Å². The highest BCUT2D eigenvalue weighted by Gasteiger charge is 2.54. The zero-order valence-corrected chi connectivity index (χ0v) is 48.8. The molecular weight excluding hydrogens is 1040 g/mol. The first kappa shape index (κ1) is 68.7. The molecule has 0 aliphatic carbocycles. The lowest BCUT2D eigenvalue weighted by Gasteiger charge is -2.36. The van der Waals surface area contributed by atoms with Crippen molar-refractivity contribution in [3.63, 3.8) is 0 Å². The lowest BCUT2D eigenvalue weighted by Crippen LogP contribution is -2.33. The van der Waals surface area contributed by atoms with E-state index in [1.165, 1.54) is 113 Å². The number of fused-ring (bicyclic) bond motifs is 6. The summed E-state index contributed by atoms with van der Waals surface area (Å²) in [6.07, 6.45) is 37.6. The summed E-state index contributed by atoms with van der Waals surface area (Å²) in [7, 11) is -4.76. The number of hydrogen-bond donors (Lipinski definition) is 6. The van der Waals surface area contributed by atoms with Gasteiger partial charge in [-0.25, -0.2) is 9.36 Å². The van der Waals surface area contributed by atoms with Crippen LogP contribution < -0.4 is 22.4 Å². The van der Waals surface area contributed by atoms with E-state index in [1.807, 2.05) is 0 Å². The maximum absolute atomic E-state index is 13.5. The van der Waals surface area contributed by atoms with Crippen molar-refractivity contribution >= 4 is 31.6 Å². The van der Waals surface area contributed by atoms with Gasteiger partial charge in [-0.1, -0.05) is 147 Å². The van der Waals surface area contributed by atoms with Crippen molar-refractivity contribution in [1.82, 2.24) is 17.6 Å². The van der Waals surface area contributed by atoms with Gasteiger partial charge in [0.25, 0.3) is 5.91 Å². The molecule has 3 aromatic rings. The normalized spacial score (nSPS) is 14.0. The Hall–Kier alpha value is -5.55. The first-order valence-corrected chi connectivity index (χ1v) is 30.6. The van der Waals surface area contributed by atoms with Crippen LogP contribution in [-0.4, -0.2) is 71.4 Å². The van der Waals surface area contributed by atoms with Gasteiger partial charge in [-0.05, 0) is 101 Å². The Kier molecular flexibility index (Phi) is 32.8. The molecule has 0 radical (unpaired) electrons. The Morgan fingerprint density at radius 3 is 1.57 bits per heavy atom. The molecular formula is C62H94N3O14P. The minimum atomic E-state index is -4.76. The molecule has 0 saturated heterocycles. The third kappa shape index (κ3) is 23.5. The zero-order chi connectivity index (χ0) is 55.9. The number of ether oxygens (including phenoxy) is 4. The smallest absolute Gasteiger partial charge is 0.472 e. The number of carbonyl (C=O) groups is 4. The lowest BCUT2D eigenvalue weighted by molar-refractivity contribution is -0.161. The second kappa shape index (κ2) is 38.2. The summed E-state index contributed by atoms with van der Waals surface area (Å²) in [5.41, 5.74) is -0.0443. The molecule has 0 saturated carbocycles. The number of nitrogens with one attached hydrogen (secondary N) is 1. The maximum atomic E-state index is 13.5. The summed E-state index contributed by atoms with van der Waals surface area (Å²) >= 11 is 0. The molecule has 2 atom stereocenters. The molecule has 446 valence electrons. The third-order valence-corrected chi connectivity index (χ3v) is 15.1. The largest absolute Gasteiger partial charge is 0.508 e. The van der Waals surface area contributed by atoms with Crippen LogP contribution in [0.3, 0.4) is 0 Å². The minimum Gasteiger partial charge on any atom is -0.508 e. The number of amides is 1. The summed E-state index contributed by atoms with van der Waals surface area (Å²) in [5.74, 6) is -2.09. The van der Waals surface area contributed by atoms with E-state index in [0.29, 0.717) is 29.5 Å². The second-order valence-electron chi connectivity index (χ2n) is 20.6. The van der Waals surface area contributed by atoms with Crippen LogP contribution in [0.5, 0.6) is 23.0 Å². The van der Waals surface area contributed by atoms with E-state index in [-0.39, 0.29) is 72.4 Å². The summed E-state index contributed by atoms with van der Waals surface area (Å²) in [6, 6.07) is 13.3. The highest BCUT2D eigenvalue weighted by atomic mass is 31.2. The fraction of sp³-hybridized carbons (Fsp3) is 0.581. The van der Waals surface area contributed by atoms with Gasteiger partial charge >= 0.3 is 25.7 Å². The highest BCUT2D eigenvalue weighted by molar-refractivity contribution is 7.47. The van der Waals surface area contributed by atoms with Gasteiger partial charge in [0.2, 0.25) is 0 Å². The Bertz CT molecular complexity index is 2390. The fourth-order valence-corrected chi connectivity index (χ4v) is 10.5. The molecule has 0 fully saturated rings. The number of phenols is 2. The van der Waals surface area contributed by atoms with Crippen LogP contribution in [0.25, 0.3) is 0 Å². The molecule has 2 heterocycles. The van der Waals surface area contributed by atoms with E-state index >= 15 is 0 Å². The number of aromatic hydroxyl groups is 2. The summed E-state index contributed by atoms with van der Waals surface area (Å²) in [4.78, 5) is 63.2. The van der Waals surface area contributed by atoms with Crippen LogP contribution >= 0.6 is 7.82 Å². The van der Waals surface area contributed by atoms with E-state index in [4.69, 9.17) is 28.0 Å². The maximum Gasteiger partial charge on any atom is 0.472 e. The Labute approximate surface area is 475 Å². The van der Waals surface area contributed by atoms with Crippen molar-refractivity contribution in [2.75, 3.05) is 26.4 Å². The van der Waals surface area contributed by atoms with Crippen LogP contribution in [0.4, 0.5) is 0 Å². The number of carbonyl (C=O) groups excluding carboxylic acids is 4. The van der Waals surface area contributed by atoms with Crippen LogP contribution in [0, 0.1) is 0 Å². The molecule has 17 nitrogen and oxygen atoms in total. The first-order chi connectivity index (χ1) is 37.9. The van der Waals surface area contributed by atoms with Gasteiger partial charge in [0.05, 0.1) is 18.8 Å². The van der Waals surface area contributed by atoms with Gasteiger partial charge in [-0.15, -0.1) is 0 Å². The molecule has 1 unspecified atom stereocenters. The molecule has 2 aliphatic rings. The van der Waals surface area contributed by atoms with E-state index in [9.17, 15) is 38.8 Å². The Morgan fingerprint density at radius 2 is 1.06 bits per heavy atom. The van der Waals surface area contributed by atoms with E-state index in [0.717, 1.165) is 77.0 Å². The number of hydrogen-bond acceptors (Lipinski definition) is 15. The van der Waals surface area contributed by atoms with Crippen molar-refractivity contribution in [1.29, 1.82) is 0 Å². The molecule has 18 heteroatoms. The van der Waals surface area contributed by atoms with Gasteiger partial charge < -0.3 is 51.7 Å². The summed E-state index contributed by atoms with van der Waals surface area (Å²) < 4.78 is 46.6. The van der Waals surface area contributed by atoms with Crippen LogP contribution in [-0.2, 0) is 43.0 Å². The zero-order valence-electron chi connectivity index (χ0n) is 47.9. The topological polar surface area (TPSA) is 283 Å². The van der Waals surface area contributed by atoms with Crippen molar-refractivity contribution in [3.05, 3.63) is 107 Å². The fourth-order valence-electron chi connectivity index (χ4n) is 9.79. The average molecular weight is 1140 g/mol. The summed E-state index contributed by atoms with van der Waals surface area (Å²) in [6.45, 7) is 2.83. The third-order valence-electron chi connectivity index (χ3n) is 14.1. The van der Waals surface area contributed by atoms with Gasteiger partial charge in [-0.2, -0.15) is 0 Å². The van der Waals surface area contributed by atoms with Crippen molar-refractivity contribution < 1.29 is 66.8 Å². The van der Waals surface area contributed by atoms with Gasteiger partial charge in [0.15, 0.2) is 11.7 Å². The molecule has 10 N–H and O–H groups in total. The highest BCUT2D eigenvalue weighted by Crippen LogP contribution is 2.57. The Morgan fingerprint density at radius 1 is 0.600 bits per heavy atom. The number of rotatable bonds is 41. The van der Waals surface area contributed by atoms with Crippen LogP contribution in [0.2, 0.25) is 0 Å². The predicted octanol–water partition coefficient (Wildman–Crippen LogP) is 15.4. The molecule has 2 aliphatic heterocycles. The standard InChI is InChI=1S/C62H88NO14P.2H3N/c1-3-5-7-9-11-13-15-17-19-21-23-25-27-29-31-33-58(66)72-46-51(75-59(67)34-32-30-28-26-24-22-20-18-16-14-12-10-8-6-4-2)47-74-78(70,71)73-42-41-63-60(68)48-35-38-53-52(43-48)61(69)77-62(53)54-39-36-49(64)44-56(54)76-57-45-50(65)37-40-55(57)62;;/h17-20,35-40,43-45,51,64-65H,3-16,21-34,41-42,46-47H2,1-2H3,(H,63,68)(H,70,71);2*1H3/t51-;;/m1../s1. The van der Waals surface area contributed by atoms with Gasteiger partial charge in [0, 0.05) is 53.8 Å². The molecule has 1 amide bonds. The molecule has 5 rings (SSSR count). The van der Waals surface area contributed by atoms with Crippen molar-refractivity contribution in [2.45, 2.75) is 205 Å². The van der Waals surface area contributed by atoms with Gasteiger partial charge in [-0.3, -0.25) is 23.4 Å². The molecule has 1 spiro atoms. The number of phenolic OH excluding ortho intramolecular Hbond substituents is 2. The lowest BCUT2D eigenvalue weighted by atomic mass is 9.77. The van der Waals surface area contributed by atoms with Crippen molar-refractivity contribution in [2.24, 2.45) is 0 Å². The number of benzene rings is 3. The molecule has 3 aromatic carbocycles. The minimum absolute atomic E-state index is 0. The number of phosphoric ester groups is 1. The van der Waals surface area contributed by atoms with Gasteiger partial charge in [0.1, 0.15) is 29.6 Å². The first-order valence-electron chi connectivity index (χ1n) is 29.1. The average Bonchev–Trinajstić information content (AvgIpc) is 3.96. The number of allylic oxidation sites excluding steroid dienone is 4. The number of unbranched alkanes of at least 4 members (excludes halogenated alkanes) is 22. The van der Waals surface area contributed by atoms with Crippen LogP contribution in [0.1, 0.15) is 231 Å². The molecule has 80 heavy (non-hydrogen) atoms. The number of phosphoric acid groups is 1. The number of esters is 3. The Balaban J connectivity index is 0.00000840. The SMILES string of the molecule is CCCCCCCCC=CCCCCCCCC(=O)OC[C@H](COP(=O)(O)OCCNC(=O)c1ccc2c(c1)C(=O)OC21c2ccc(O)cc2Oc2cc(O)ccc21)OC(=O)CCCCCCCC=CCCCCCCCC.N.N. The van der Waals surface area contributed by atoms with E-state index < -0.39 is 56.6 Å².